The van der Waals surface area contributed by atoms with Gasteiger partial charge in [0.25, 0.3) is 0 Å². The molecule has 1 aliphatic heterocycles. The van der Waals surface area contributed by atoms with Crippen LogP contribution in [0.25, 0.3) is 0 Å². The molecule has 0 radical (unpaired) electrons. The Labute approximate surface area is 121 Å². The maximum atomic E-state index is 11.2. The van der Waals surface area contributed by atoms with Crippen LogP contribution in [0.5, 0.6) is 11.6 Å². The molecule has 1 aromatic heterocycles. The Hall–Kier alpha value is -2.25. The summed E-state index contributed by atoms with van der Waals surface area (Å²) in [5.74, 6) is 0.971. The van der Waals surface area contributed by atoms with Gasteiger partial charge in [0.05, 0.1) is 6.10 Å². The number of hydrogen-bond acceptors (Lipinski definition) is 6. The van der Waals surface area contributed by atoms with Crippen LogP contribution in [-0.4, -0.2) is 27.9 Å². The van der Waals surface area contributed by atoms with Crippen molar-refractivity contribution >= 4 is 18.4 Å². The largest absolute Gasteiger partial charge is 0.492 e. The van der Waals surface area contributed by atoms with Crippen molar-refractivity contribution in [1.82, 2.24) is 9.97 Å². The van der Waals surface area contributed by atoms with Gasteiger partial charge in [-0.1, -0.05) is 6.07 Å². The van der Waals surface area contributed by atoms with E-state index in [-0.39, 0.29) is 12.2 Å². The Bertz CT molecular complexity index is 665. The number of hydrogen-bond donors (Lipinski definition) is 1. The Morgan fingerprint density at radius 3 is 3.05 bits per heavy atom. The summed E-state index contributed by atoms with van der Waals surface area (Å²) < 4.78 is 11.0. The Morgan fingerprint density at radius 2 is 2.33 bits per heavy atom. The monoisotopic (exact) mass is 284 g/mol. The molecule has 1 N–H and O–H groups in total. The molecule has 1 aromatic carbocycles. The first-order valence-electron chi connectivity index (χ1n) is 6.54. The van der Waals surface area contributed by atoms with E-state index in [1.165, 1.54) is 13.3 Å². The molecule has 2 heterocycles. The molecular formula is C14H13BN2O4. The first-order valence-corrected chi connectivity index (χ1v) is 6.54. The van der Waals surface area contributed by atoms with E-state index in [9.17, 15) is 9.82 Å². The lowest BCUT2D eigenvalue weighted by Gasteiger charge is -2.10. The summed E-state index contributed by atoms with van der Waals surface area (Å²) in [6.07, 6.45) is 2.82. The highest BCUT2D eigenvalue weighted by molar-refractivity contribution is 6.61. The molecule has 6 nitrogen and oxygen atoms in total. The maximum absolute atomic E-state index is 11.2. The van der Waals surface area contributed by atoms with Crippen LogP contribution in [0.4, 0.5) is 0 Å². The minimum Gasteiger partial charge on any atom is -0.439 e. The van der Waals surface area contributed by atoms with Crippen molar-refractivity contribution in [3.05, 3.63) is 42.4 Å². The molecule has 3 rings (SSSR count). The van der Waals surface area contributed by atoms with Gasteiger partial charge in [0.2, 0.25) is 5.88 Å². The van der Waals surface area contributed by atoms with E-state index in [4.69, 9.17) is 9.39 Å². The fraction of sp³-hybridized carbons (Fsp3) is 0.214. The average Bonchev–Trinajstić information content (AvgIpc) is 2.75. The number of Topliss-reactive ketones (excluding diaryl/α,β-unsaturated/α-hetero) is 1. The van der Waals surface area contributed by atoms with Gasteiger partial charge in [-0.25, -0.2) is 9.97 Å². The van der Waals surface area contributed by atoms with Crippen molar-refractivity contribution in [2.75, 3.05) is 0 Å². The fourth-order valence-electron chi connectivity index (χ4n) is 2.30. The second-order valence-electron chi connectivity index (χ2n) is 4.82. The summed E-state index contributed by atoms with van der Waals surface area (Å²) in [6, 6.07) is 6.89. The number of nitrogens with zero attached hydrogens (tertiary/aromatic N) is 2. The molecule has 0 aliphatic carbocycles. The van der Waals surface area contributed by atoms with Crippen LogP contribution in [-0.2, 0) is 9.45 Å². The van der Waals surface area contributed by atoms with E-state index in [0.717, 1.165) is 5.56 Å². The van der Waals surface area contributed by atoms with Crippen molar-refractivity contribution in [3.63, 3.8) is 0 Å². The maximum Gasteiger partial charge on any atom is 0.492 e. The highest BCUT2D eigenvalue weighted by Gasteiger charge is 2.35. The number of benzene rings is 1. The lowest BCUT2D eigenvalue weighted by Crippen LogP contribution is -2.28. The highest BCUT2D eigenvalue weighted by Crippen LogP contribution is 2.29. The average molecular weight is 284 g/mol. The third-order valence-electron chi connectivity index (χ3n) is 3.21. The quantitative estimate of drug-likeness (QED) is 0.844. The number of carbonyl (C=O) groups excluding carboxylic acids is 1. The minimum absolute atomic E-state index is 0.0152. The first-order chi connectivity index (χ1) is 10.1. The van der Waals surface area contributed by atoms with E-state index < -0.39 is 13.2 Å². The molecule has 0 saturated heterocycles. The minimum atomic E-state index is -1.04. The third kappa shape index (κ3) is 2.93. The number of ketones is 1. The Kier molecular flexibility index (Phi) is 3.68. The van der Waals surface area contributed by atoms with Crippen LogP contribution in [0, 0.1) is 0 Å². The Balaban J connectivity index is 1.85. The molecule has 0 amide bonds. The standard InChI is InChI=1S/C14H13BN2O4/c1-9(18)6-13-11-3-2-10(7-12(11)15(19)21-13)20-14-4-5-16-8-17-14/h2-5,7-8,13,19H,6H2,1H3/t13-/m1/s1. The van der Waals surface area contributed by atoms with E-state index in [1.807, 2.05) is 0 Å². The molecule has 21 heavy (non-hydrogen) atoms. The number of aromatic nitrogens is 2. The smallest absolute Gasteiger partial charge is 0.439 e. The zero-order valence-electron chi connectivity index (χ0n) is 11.4. The molecule has 0 spiro atoms. The molecule has 0 fully saturated rings. The van der Waals surface area contributed by atoms with Gasteiger partial charge < -0.3 is 14.4 Å². The van der Waals surface area contributed by atoms with Crippen LogP contribution in [0.15, 0.2) is 36.8 Å². The van der Waals surface area contributed by atoms with Gasteiger partial charge in [-0.15, -0.1) is 0 Å². The molecule has 7 heteroatoms. The number of rotatable bonds is 4. The van der Waals surface area contributed by atoms with Gasteiger partial charge in [0, 0.05) is 18.7 Å². The topological polar surface area (TPSA) is 81.5 Å². The summed E-state index contributed by atoms with van der Waals surface area (Å²) in [4.78, 5) is 19.0. The van der Waals surface area contributed by atoms with Gasteiger partial charge >= 0.3 is 7.12 Å². The normalized spacial score (nSPS) is 16.7. The van der Waals surface area contributed by atoms with Gasteiger partial charge in [-0.05, 0) is 30.1 Å². The number of ether oxygens (including phenoxy) is 1. The first kappa shape index (κ1) is 13.7. The predicted molar refractivity (Wildman–Crippen MR) is 75.3 cm³/mol. The van der Waals surface area contributed by atoms with Gasteiger partial charge in [-0.2, -0.15) is 0 Å². The fourth-order valence-corrected chi connectivity index (χ4v) is 2.30. The van der Waals surface area contributed by atoms with Crippen molar-refractivity contribution in [2.45, 2.75) is 19.4 Å². The molecule has 0 saturated carbocycles. The number of carbonyl (C=O) groups is 1. The second-order valence-corrected chi connectivity index (χ2v) is 4.82. The zero-order valence-corrected chi connectivity index (χ0v) is 11.4. The van der Waals surface area contributed by atoms with Crippen molar-refractivity contribution in [2.24, 2.45) is 0 Å². The van der Waals surface area contributed by atoms with Crippen LogP contribution < -0.4 is 10.2 Å². The molecule has 0 bridgehead atoms. The highest BCUT2D eigenvalue weighted by atomic mass is 16.5. The van der Waals surface area contributed by atoms with Crippen LogP contribution >= 0.6 is 0 Å². The van der Waals surface area contributed by atoms with Crippen molar-refractivity contribution in [1.29, 1.82) is 0 Å². The SMILES string of the molecule is CC(=O)C[C@H]1OB(O)c2cc(Oc3ccncn3)ccc21. The lowest BCUT2D eigenvalue weighted by atomic mass is 9.79. The summed E-state index contributed by atoms with van der Waals surface area (Å²) in [5, 5.41) is 9.94. The molecule has 1 aliphatic rings. The van der Waals surface area contributed by atoms with Crippen LogP contribution in [0.2, 0.25) is 0 Å². The predicted octanol–water partition coefficient (Wildman–Crippen LogP) is 1.01. The van der Waals surface area contributed by atoms with E-state index in [0.29, 0.717) is 17.1 Å². The van der Waals surface area contributed by atoms with Gasteiger partial charge in [0.1, 0.15) is 17.9 Å². The molecule has 106 valence electrons. The van der Waals surface area contributed by atoms with E-state index in [1.54, 1.807) is 30.5 Å². The lowest BCUT2D eigenvalue weighted by molar-refractivity contribution is -0.118. The number of fused-ring (bicyclic) bond motifs is 1. The van der Waals surface area contributed by atoms with Gasteiger partial charge in [-0.3, -0.25) is 4.79 Å². The van der Waals surface area contributed by atoms with Crippen molar-refractivity contribution < 1.29 is 19.2 Å². The summed E-state index contributed by atoms with van der Waals surface area (Å²) in [6.45, 7) is 1.50. The molecule has 2 aromatic rings. The Morgan fingerprint density at radius 1 is 1.48 bits per heavy atom. The summed E-state index contributed by atoms with van der Waals surface area (Å²) in [7, 11) is -1.04. The van der Waals surface area contributed by atoms with E-state index >= 15 is 0 Å². The summed E-state index contributed by atoms with van der Waals surface area (Å²) in [5.41, 5.74) is 1.43. The molecule has 1 atom stereocenters. The van der Waals surface area contributed by atoms with Crippen molar-refractivity contribution in [3.8, 4) is 11.6 Å². The van der Waals surface area contributed by atoms with Gasteiger partial charge in [0.15, 0.2) is 0 Å². The zero-order chi connectivity index (χ0) is 14.8. The van der Waals surface area contributed by atoms with E-state index in [2.05, 4.69) is 9.97 Å². The molecule has 0 unspecified atom stereocenters. The van der Waals surface area contributed by atoms with Crippen LogP contribution in [0.1, 0.15) is 25.0 Å². The third-order valence-corrected chi connectivity index (χ3v) is 3.21. The second kappa shape index (κ2) is 5.63. The van der Waals surface area contributed by atoms with Crippen LogP contribution in [0.3, 0.4) is 0 Å². The summed E-state index contributed by atoms with van der Waals surface area (Å²) >= 11 is 0. The molecular weight excluding hydrogens is 271 g/mol.